The number of hydrogen-bond acceptors (Lipinski definition) is 4. The highest BCUT2D eigenvalue weighted by molar-refractivity contribution is 6.30. The van der Waals surface area contributed by atoms with Crippen LogP contribution in [0.1, 0.15) is 0 Å². The fourth-order valence-electron chi connectivity index (χ4n) is 2.29. The van der Waals surface area contributed by atoms with Gasteiger partial charge in [-0.3, -0.25) is 4.79 Å². The van der Waals surface area contributed by atoms with Gasteiger partial charge in [0.05, 0.1) is 19.6 Å². The molecular formula is C17H13ClO4. The lowest BCUT2D eigenvalue weighted by atomic mass is 10.1. The van der Waals surface area contributed by atoms with Crippen LogP contribution in [0.25, 0.3) is 22.3 Å². The van der Waals surface area contributed by atoms with E-state index in [1.807, 2.05) is 0 Å². The highest BCUT2D eigenvalue weighted by Gasteiger charge is 2.15. The second kappa shape index (κ2) is 5.73. The number of methoxy groups -OCH3 is 2. The molecule has 0 saturated carbocycles. The van der Waals surface area contributed by atoms with Gasteiger partial charge >= 0.3 is 0 Å². The van der Waals surface area contributed by atoms with Crippen molar-refractivity contribution in [3.05, 3.63) is 57.7 Å². The third-order valence-electron chi connectivity index (χ3n) is 3.37. The summed E-state index contributed by atoms with van der Waals surface area (Å²) in [6.45, 7) is 0. The Morgan fingerprint density at radius 1 is 1.00 bits per heavy atom. The van der Waals surface area contributed by atoms with Gasteiger partial charge < -0.3 is 13.9 Å². The smallest absolute Gasteiger partial charge is 0.204 e. The van der Waals surface area contributed by atoms with Crippen molar-refractivity contribution < 1.29 is 13.9 Å². The fourth-order valence-corrected chi connectivity index (χ4v) is 2.41. The Labute approximate surface area is 131 Å². The first-order valence-electron chi connectivity index (χ1n) is 6.59. The van der Waals surface area contributed by atoms with Crippen LogP contribution < -0.4 is 14.9 Å². The van der Waals surface area contributed by atoms with Gasteiger partial charge in [0, 0.05) is 16.7 Å². The van der Waals surface area contributed by atoms with Gasteiger partial charge in [0.1, 0.15) is 5.76 Å². The Balaban J connectivity index is 2.30. The number of hydrogen-bond donors (Lipinski definition) is 0. The predicted molar refractivity (Wildman–Crippen MR) is 86.0 cm³/mol. The van der Waals surface area contributed by atoms with Gasteiger partial charge in [-0.15, -0.1) is 0 Å². The molecule has 0 saturated heterocycles. The Morgan fingerprint density at radius 2 is 1.73 bits per heavy atom. The summed E-state index contributed by atoms with van der Waals surface area (Å²) in [5, 5.41) is 1.06. The first-order valence-corrected chi connectivity index (χ1v) is 6.96. The Kier molecular flexibility index (Phi) is 3.77. The Bertz CT molecular complexity index is 882. The van der Waals surface area contributed by atoms with E-state index in [1.165, 1.54) is 20.3 Å². The van der Waals surface area contributed by atoms with E-state index in [-0.39, 0.29) is 5.43 Å². The minimum Gasteiger partial charge on any atom is -0.493 e. The average molecular weight is 317 g/mol. The maximum Gasteiger partial charge on any atom is 0.204 e. The maximum atomic E-state index is 12.3. The molecule has 0 spiro atoms. The maximum absolute atomic E-state index is 12.3. The molecule has 0 unspecified atom stereocenters. The number of benzene rings is 2. The second-order valence-corrected chi connectivity index (χ2v) is 5.10. The number of halogens is 1. The molecule has 3 aromatic rings. The first kappa shape index (κ1) is 14.5. The monoisotopic (exact) mass is 316 g/mol. The van der Waals surface area contributed by atoms with Crippen LogP contribution in [0.3, 0.4) is 0 Å². The van der Waals surface area contributed by atoms with E-state index in [4.69, 9.17) is 25.5 Å². The van der Waals surface area contributed by atoms with Crippen molar-refractivity contribution in [2.75, 3.05) is 14.2 Å². The molecule has 3 rings (SSSR count). The lowest BCUT2D eigenvalue weighted by Gasteiger charge is -2.10. The summed E-state index contributed by atoms with van der Waals surface area (Å²) in [4.78, 5) is 12.3. The summed E-state index contributed by atoms with van der Waals surface area (Å²) < 4.78 is 16.5. The zero-order chi connectivity index (χ0) is 15.7. The van der Waals surface area contributed by atoms with E-state index in [9.17, 15) is 4.79 Å². The van der Waals surface area contributed by atoms with Crippen molar-refractivity contribution >= 4 is 22.6 Å². The molecule has 0 amide bonds. The number of rotatable bonds is 3. The SMILES string of the molecule is COc1ccc2c(=O)cc(-c3ccc(Cl)cc3)oc2c1OC. The largest absolute Gasteiger partial charge is 0.493 e. The minimum atomic E-state index is -0.146. The molecule has 5 heteroatoms. The quantitative estimate of drug-likeness (QED) is 0.729. The molecule has 2 aromatic carbocycles. The third kappa shape index (κ3) is 2.42. The van der Waals surface area contributed by atoms with Gasteiger partial charge in [0.25, 0.3) is 0 Å². The molecule has 22 heavy (non-hydrogen) atoms. The molecule has 1 aromatic heterocycles. The van der Waals surface area contributed by atoms with Crippen molar-refractivity contribution in [2.45, 2.75) is 0 Å². The normalized spacial score (nSPS) is 10.7. The third-order valence-corrected chi connectivity index (χ3v) is 3.62. The zero-order valence-electron chi connectivity index (χ0n) is 12.1. The van der Waals surface area contributed by atoms with Gasteiger partial charge in [-0.1, -0.05) is 11.6 Å². The molecule has 0 aliphatic rings. The molecule has 112 valence electrons. The number of ether oxygens (including phenoxy) is 2. The predicted octanol–water partition coefficient (Wildman–Crippen LogP) is 4.13. The molecule has 0 bridgehead atoms. The van der Waals surface area contributed by atoms with Crippen molar-refractivity contribution in [1.29, 1.82) is 0 Å². The Morgan fingerprint density at radius 3 is 2.36 bits per heavy atom. The number of fused-ring (bicyclic) bond motifs is 1. The van der Waals surface area contributed by atoms with Gasteiger partial charge in [-0.05, 0) is 36.4 Å². The summed E-state index contributed by atoms with van der Waals surface area (Å²) in [6.07, 6.45) is 0. The van der Waals surface area contributed by atoms with Crippen LogP contribution in [0.5, 0.6) is 11.5 Å². The van der Waals surface area contributed by atoms with Gasteiger partial charge in [0.15, 0.2) is 16.8 Å². The van der Waals surface area contributed by atoms with Crippen molar-refractivity contribution in [3.8, 4) is 22.8 Å². The lowest BCUT2D eigenvalue weighted by molar-refractivity contribution is 0.353. The van der Waals surface area contributed by atoms with Crippen molar-refractivity contribution in [2.24, 2.45) is 0 Å². The average Bonchev–Trinajstić information content (AvgIpc) is 2.54. The van der Waals surface area contributed by atoms with Crippen LogP contribution in [-0.4, -0.2) is 14.2 Å². The van der Waals surface area contributed by atoms with Crippen LogP contribution >= 0.6 is 11.6 Å². The van der Waals surface area contributed by atoms with Gasteiger partial charge in [0.2, 0.25) is 5.75 Å². The van der Waals surface area contributed by atoms with Crippen molar-refractivity contribution in [1.82, 2.24) is 0 Å². The van der Waals surface area contributed by atoms with Crippen LogP contribution in [0.15, 0.2) is 51.7 Å². The zero-order valence-corrected chi connectivity index (χ0v) is 12.8. The molecule has 0 aliphatic carbocycles. The molecule has 0 radical (unpaired) electrons. The van der Waals surface area contributed by atoms with E-state index in [1.54, 1.807) is 36.4 Å². The van der Waals surface area contributed by atoms with E-state index in [0.29, 0.717) is 33.3 Å². The molecular weight excluding hydrogens is 304 g/mol. The molecule has 0 atom stereocenters. The first-order chi connectivity index (χ1) is 10.6. The highest BCUT2D eigenvalue weighted by Crippen LogP contribution is 2.36. The topological polar surface area (TPSA) is 48.7 Å². The fraction of sp³-hybridized carbons (Fsp3) is 0.118. The molecule has 4 nitrogen and oxygen atoms in total. The summed E-state index contributed by atoms with van der Waals surface area (Å²) in [6, 6.07) is 11.9. The van der Waals surface area contributed by atoms with Crippen LogP contribution in [0.2, 0.25) is 5.02 Å². The standard InChI is InChI=1S/C17H13ClO4/c1-20-14-8-7-12-13(19)9-15(22-16(12)17(14)21-2)10-3-5-11(18)6-4-10/h3-9H,1-2H3. The van der Waals surface area contributed by atoms with Crippen LogP contribution in [0, 0.1) is 0 Å². The Hall–Kier alpha value is -2.46. The molecule has 0 N–H and O–H groups in total. The minimum absolute atomic E-state index is 0.146. The van der Waals surface area contributed by atoms with Gasteiger partial charge in [-0.2, -0.15) is 0 Å². The van der Waals surface area contributed by atoms with Crippen LogP contribution in [-0.2, 0) is 0 Å². The van der Waals surface area contributed by atoms with Crippen LogP contribution in [0.4, 0.5) is 0 Å². The van der Waals surface area contributed by atoms with E-state index < -0.39 is 0 Å². The lowest BCUT2D eigenvalue weighted by Crippen LogP contribution is -2.02. The summed E-state index contributed by atoms with van der Waals surface area (Å²) in [7, 11) is 3.04. The van der Waals surface area contributed by atoms with Crippen molar-refractivity contribution in [3.63, 3.8) is 0 Å². The molecule has 0 fully saturated rings. The second-order valence-electron chi connectivity index (χ2n) is 4.66. The van der Waals surface area contributed by atoms with E-state index in [2.05, 4.69) is 0 Å². The summed E-state index contributed by atoms with van der Waals surface area (Å²) >= 11 is 5.88. The summed E-state index contributed by atoms with van der Waals surface area (Å²) in [5.41, 5.74) is 0.972. The van der Waals surface area contributed by atoms with Gasteiger partial charge in [-0.25, -0.2) is 0 Å². The highest BCUT2D eigenvalue weighted by atomic mass is 35.5. The van der Waals surface area contributed by atoms with E-state index in [0.717, 1.165) is 5.56 Å². The molecule has 0 aliphatic heterocycles. The summed E-state index contributed by atoms with van der Waals surface area (Å²) in [5.74, 6) is 1.35. The van der Waals surface area contributed by atoms with E-state index >= 15 is 0 Å². The molecule has 1 heterocycles.